The third kappa shape index (κ3) is 7.29. The number of aryl methyl sites for hydroxylation is 1. The summed E-state index contributed by atoms with van der Waals surface area (Å²) in [6.45, 7) is 14.6. The summed E-state index contributed by atoms with van der Waals surface area (Å²) in [5, 5.41) is 9.99. The third-order valence-electron chi connectivity index (χ3n) is 6.07. The molecule has 2 rings (SSSR count). The summed E-state index contributed by atoms with van der Waals surface area (Å²) in [5.41, 5.74) is 1.47. The van der Waals surface area contributed by atoms with Gasteiger partial charge in [-0.2, -0.15) is 0 Å². The standard InChI is InChI=1S/C27H38O4.C2H2/c1-8-27(9-2,25-16-19(3)15-22(28)11-10-14-30-25)21-12-13-23(20(4)17-21)31-18-24(29)26(5,6)7;1-2/h10-13,15-17,19,28H,8-9,14,18H2,1-7H3;1-2H/b11-10-,22-15+,25-16-;. The highest BCUT2D eigenvalue weighted by atomic mass is 16.5. The van der Waals surface area contributed by atoms with Crippen LogP contribution in [-0.4, -0.2) is 24.1 Å². The van der Waals surface area contributed by atoms with E-state index in [0.717, 1.165) is 29.9 Å². The van der Waals surface area contributed by atoms with Crippen LogP contribution in [0.2, 0.25) is 0 Å². The van der Waals surface area contributed by atoms with Crippen molar-refractivity contribution < 1.29 is 19.4 Å². The Morgan fingerprint density at radius 3 is 2.36 bits per heavy atom. The second kappa shape index (κ2) is 12.3. The van der Waals surface area contributed by atoms with Gasteiger partial charge < -0.3 is 14.6 Å². The largest absolute Gasteiger partial charge is 0.508 e. The Bertz CT molecular complexity index is 905. The molecule has 0 aliphatic carbocycles. The van der Waals surface area contributed by atoms with Crippen LogP contribution in [0.25, 0.3) is 0 Å². The first-order valence-corrected chi connectivity index (χ1v) is 11.6. The molecule has 0 aromatic heterocycles. The van der Waals surface area contributed by atoms with E-state index in [2.05, 4.69) is 44.9 Å². The second-order valence-electron chi connectivity index (χ2n) is 9.43. The first-order chi connectivity index (χ1) is 15.5. The first kappa shape index (κ1) is 28.1. The highest BCUT2D eigenvalue weighted by Crippen LogP contribution is 2.42. The zero-order valence-corrected chi connectivity index (χ0v) is 21.3. The molecular weight excluding hydrogens is 412 g/mol. The van der Waals surface area contributed by atoms with Crippen LogP contribution >= 0.6 is 0 Å². The van der Waals surface area contributed by atoms with Gasteiger partial charge in [-0.15, -0.1) is 12.8 Å². The number of allylic oxidation sites excluding steroid dienone is 4. The fraction of sp³-hybridized carbons (Fsp3) is 0.483. The van der Waals surface area contributed by atoms with Crippen molar-refractivity contribution in [2.45, 2.75) is 66.7 Å². The number of carbonyl (C=O) groups excluding carboxylic acids is 1. The highest BCUT2D eigenvalue weighted by Gasteiger charge is 2.35. The van der Waals surface area contributed by atoms with E-state index in [1.807, 2.05) is 52.8 Å². The maximum absolute atomic E-state index is 12.2. The molecule has 4 heteroatoms. The zero-order chi connectivity index (χ0) is 25.2. The number of hydrogen-bond acceptors (Lipinski definition) is 4. The van der Waals surface area contributed by atoms with Crippen LogP contribution in [0.1, 0.15) is 65.5 Å². The number of ketones is 1. The minimum absolute atomic E-state index is 0.0438. The van der Waals surface area contributed by atoms with Crippen molar-refractivity contribution in [1.82, 2.24) is 0 Å². The lowest BCUT2D eigenvalue weighted by atomic mass is 9.73. The minimum atomic E-state index is -0.415. The van der Waals surface area contributed by atoms with Crippen LogP contribution in [0.3, 0.4) is 0 Å². The molecule has 1 aromatic rings. The Morgan fingerprint density at radius 1 is 1.18 bits per heavy atom. The average Bonchev–Trinajstić information content (AvgIpc) is 2.85. The van der Waals surface area contributed by atoms with Gasteiger partial charge >= 0.3 is 0 Å². The Labute approximate surface area is 200 Å². The molecule has 0 radical (unpaired) electrons. The molecule has 0 fully saturated rings. The molecule has 0 bridgehead atoms. The summed E-state index contributed by atoms with van der Waals surface area (Å²) in [6.07, 6.45) is 17.2. The van der Waals surface area contributed by atoms with E-state index in [4.69, 9.17) is 9.47 Å². The maximum atomic E-state index is 12.2. The lowest BCUT2D eigenvalue weighted by Gasteiger charge is -2.35. The summed E-state index contributed by atoms with van der Waals surface area (Å²) in [5.74, 6) is 2.04. The predicted molar refractivity (Wildman–Crippen MR) is 136 cm³/mol. The van der Waals surface area contributed by atoms with E-state index in [-0.39, 0.29) is 29.5 Å². The van der Waals surface area contributed by atoms with Crippen molar-refractivity contribution in [3.8, 4) is 18.6 Å². The number of hydrogen-bond donors (Lipinski definition) is 1. The lowest BCUT2D eigenvalue weighted by Crippen LogP contribution is -2.29. The molecule has 0 saturated carbocycles. The topological polar surface area (TPSA) is 55.8 Å². The van der Waals surface area contributed by atoms with Crippen LogP contribution < -0.4 is 4.74 Å². The molecule has 1 N–H and O–H groups in total. The maximum Gasteiger partial charge on any atom is 0.175 e. The number of aliphatic hydroxyl groups excluding tert-OH is 1. The average molecular weight is 453 g/mol. The van der Waals surface area contributed by atoms with E-state index in [1.54, 1.807) is 6.08 Å². The number of carbonyl (C=O) groups is 1. The highest BCUT2D eigenvalue weighted by molar-refractivity contribution is 5.85. The van der Waals surface area contributed by atoms with E-state index in [0.29, 0.717) is 6.61 Å². The van der Waals surface area contributed by atoms with Crippen LogP contribution in [0.4, 0.5) is 0 Å². The van der Waals surface area contributed by atoms with Crippen molar-refractivity contribution in [3.05, 3.63) is 65.1 Å². The molecule has 0 saturated heterocycles. The van der Waals surface area contributed by atoms with Crippen molar-refractivity contribution in [2.75, 3.05) is 13.2 Å². The molecule has 33 heavy (non-hydrogen) atoms. The third-order valence-corrected chi connectivity index (χ3v) is 6.07. The Balaban J connectivity index is 0.00000265. The molecule has 1 unspecified atom stereocenters. The second-order valence-corrected chi connectivity index (χ2v) is 9.43. The minimum Gasteiger partial charge on any atom is -0.508 e. The first-order valence-electron chi connectivity index (χ1n) is 11.6. The van der Waals surface area contributed by atoms with Gasteiger partial charge in [0.15, 0.2) is 5.78 Å². The fourth-order valence-corrected chi connectivity index (χ4v) is 3.88. The van der Waals surface area contributed by atoms with Crippen LogP contribution in [-0.2, 0) is 14.9 Å². The van der Waals surface area contributed by atoms with E-state index >= 15 is 0 Å². The van der Waals surface area contributed by atoms with Crippen molar-refractivity contribution in [3.63, 3.8) is 0 Å². The van der Waals surface area contributed by atoms with Gasteiger partial charge in [0, 0.05) is 5.41 Å². The van der Waals surface area contributed by atoms with Crippen molar-refractivity contribution in [2.24, 2.45) is 11.3 Å². The van der Waals surface area contributed by atoms with Crippen molar-refractivity contribution in [1.29, 1.82) is 0 Å². The summed E-state index contributed by atoms with van der Waals surface area (Å²) in [7, 11) is 0. The number of benzene rings is 1. The van der Waals surface area contributed by atoms with Crippen LogP contribution in [0.5, 0.6) is 5.75 Å². The molecule has 180 valence electrons. The van der Waals surface area contributed by atoms with Crippen LogP contribution in [0, 0.1) is 31.1 Å². The van der Waals surface area contributed by atoms with Crippen molar-refractivity contribution >= 4 is 5.78 Å². The lowest BCUT2D eigenvalue weighted by molar-refractivity contribution is -0.128. The molecule has 0 amide bonds. The monoisotopic (exact) mass is 452 g/mol. The Kier molecular flexibility index (Phi) is 10.5. The SMILES string of the molecule is C#C.CCC(CC)(/C1=C/C(C)/C=C(O)\C=C/CO1)c1ccc(OCC(=O)C(C)(C)C)c(C)c1. The quantitative estimate of drug-likeness (QED) is 0.460. The number of ether oxygens (including phenoxy) is 2. The Morgan fingerprint density at radius 2 is 1.82 bits per heavy atom. The molecule has 4 nitrogen and oxygen atoms in total. The van der Waals surface area contributed by atoms with E-state index < -0.39 is 5.41 Å². The number of Topliss-reactive ketones (excluding diaryl/α,β-unsaturated/α-hetero) is 1. The van der Waals surface area contributed by atoms with Gasteiger partial charge in [-0.3, -0.25) is 4.79 Å². The molecule has 1 atom stereocenters. The van der Waals surface area contributed by atoms with Gasteiger partial charge in [0.25, 0.3) is 0 Å². The van der Waals surface area contributed by atoms with Gasteiger partial charge in [-0.1, -0.05) is 53.7 Å². The molecule has 1 aliphatic rings. The molecule has 1 aromatic carbocycles. The number of terminal acetylenes is 1. The molecule has 1 aliphatic heterocycles. The molecule has 0 spiro atoms. The van der Waals surface area contributed by atoms with E-state index in [1.165, 1.54) is 5.56 Å². The predicted octanol–water partition coefficient (Wildman–Crippen LogP) is 6.84. The van der Waals surface area contributed by atoms with Gasteiger partial charge in [-0.25, -0.2) is 0 Å². The van der Waals surface area contributed by atoms with Gasteiger partial charge in [0.1, 0.15) is 30.5 Å². The van der Waals surface area contributed by atoms with Gasteiger partial charge in [0.2, 0.25) is 0 Å². The smallest absolute Gasteiger partial charge is 0.175 e. The zero-order valence-electron chi connectivity index (χ0n) is 21.3. The Hall–Kier alpha value is -2.93. The summed E-state index contributed by atoms with van der Waals surface area (Å²) < 4.78 is 12.1. The fourth-order valence-electron chi connectivity index (χ4n) is 3.88. The summed E-state index contributed by atoms with van der Waals surface area (Å²) in [4.78, 5) is 12.2. The normalized spacial score (nSPS) is 20.7. The van der Waals surface area contributed by atoms with Gasteiger partial charge in [-0.05, 0) is 67.2 Å². The van der Waals surface area contributed by atoms with Crippen LogP contribution in [0.15, 0.2) is 54.0 Å². The number of aliphatic hydroxyl groups is 1. The van der Waals surface area contributed by atoms with Gasteiger partial charge in [0.05, 0.1) is 5.41 Å². The summed E-state index contributed by atoms with van der Waals surface area (Å²) >= 11 is 0. The molecular formula is C29H40O4. The summed E-state index contributed by atoms with van der Waals surface area (Å²) in [6, 6.07) is 6.20. The molecule has 1 heterocycles. The number of rotatable bonds is 7. The van der Waals surface area contributed by atoms with E-state index in [9.17, 15) is 9.90 Å².